The molecule has 0 saturated carbocycles. The summed E-state index contributed by atoms with van der Waals surface area (Å²) >= 11 is 5.67. The first-order valence-electron chi connectivity index (χ1n) is 4.15. The van der Waals surface area contributed by atoms with Gasteiger partial charge in [-0.1, -0.05) is 11.6 Å². The lowest BCUT2D eigenvalue weighted by atomic mass is 10.4. The van der Waals surface area contributed by atoms with Crippen LogP contribution < -0.4 is 0 Å². The van der Waals surface area contributed by atoms with Gasteiger partial charge in [-0.2, -0.15) is 5.10 Å². The Hall–Kier alpha value is -1.75. The van der Waals surface area contributed by atoms with E-state index in [-0.39, 0.29) is 5.76 Å². The maximum atomic E-state index is 10.5. The van der Waals surface area contributed by atoms with Gasteiger partial charge in [0, 0.05) is 6.20 Å². The highest BCUT2D eigenvalue weighted by Crippen LogP contribution is 2.11. The molecule has 0 amide bonds. The van der Waals surface area contributed by atoms with Gasteiger partial charge < -0.3 is 9.52 Å². The third-order valence-corrected chi connectivity index (χ3v) is 1.99. The molecule has 0 bridgehead atoms. The number of carbonyl (C=O) groups is 1. The number of halogens is 1. The second kappa shape index (κ2) is 3.78. The fourth-order valence-corrected chi connectivity index (χ4v) is 1.32. The molecule has 6 heteroatoms. The molecular weight excluding hydrogens is 220 g/mol. The molecule has 2 heterocycles. The molecular formula is C9H7ClN2O3. The maximum Gasteiger partial charge on any atom is 0.371 e. The first kappa shape index (κ1) is 9.79. The van der Waals surface area contributed by atoms with Crippen LogP contribution in [0.25, 0.3) is 0 Å². The second-order valence-corrected chi connectivity index (χ2v) is 3.36. The molecule has 0 aliphatic rings. The van der Waals surface area contributed by atoms with E-state index in [9.17, 15) is 4.79 Å². The molecule has 5 nitrogen and oxygen atoms in total. The minimum atomic E-state index is -1.08. The van der Waals surface area contributed by atoms with Crippen LogP contribution in [-0.2, 0) is 6.54 Å². The van der Waals surface area contributed by atoms with E-state index in [1.807, 2.05) is 0 Å². The van der Waals surface area contributed by atoms with Gasteiger partial charge in [0.05, 0.1) is 17.8 Å². The van der Waals surface area contributed by atoms with Crippen LogP contribution in [0.15, 0.2) is 28.9 Å². The van der Waals surface area contributed by atoms with Crippen molar-refractivity contribution < 1.29 is 14.3 Å². The highest BCUT2D eigenvalue weighted by atomic mass is 35.5. The zero-order valence-corrected chi connectivity index (χ0v) is 8.31. The van der Waals surface area contributed by atoms with Crippen molar-refractivity contribution in [2.75, 3.05) is 0 Å². The third kappa shape index (κ3) is 2.19. The Labute approximate surface area is 89.9 Å². The van der Waals surface area contributed by atoms with Crippen molar-refractivity contribution in [3.8, 4) is 0 Å². The molecule has 0 spiro atoms. The van der Waals surface area contributed by atoms with Crippen molar-refractivity contribution in [2.24, 2.45) is 0 Å². The van der Waals surface area contributed by atoms with E-state index in [0.717, 1.165) is 0 Å². The van der Waals surface area contributed by atoms with Gasteiger partial charge in [0.25, 0.3) is 0 Å². The average molecular weight is 227 g/mol. The van der Waals surface area contributed by atoms with Crippen LogP contribution in [0.3, 0.4) is 0 Å². The Morgan fingerprint density at radius 1 is 1.60 bits per heavy atom. The molecule has 0 saturated heterocycles. The molecule has 2 aromatic heterocycles. The smallest absolute Gasteiger partial charge is 0.371 e. The van der Waals surface area contributed by atoms with E-state index in [2.05, 4.69) is 5.10 Å². The van der Waals surface area contributed by atoms with E-state index < -0.39 is 5.97 Å². The minimum absolute atomic E-state index is 0.0803. The monoisotopic (exact) mass is 226 g/mol. The maximum absolute atomic E-state index is 10.5. The molecule has 0 aliphatic carbocycles. The zero-order chi connectivity index (χ0) is 10.8. The van der Waals surface area contributed by atoms with Gasteiger partial charge in [-0.3, -0.25) is 4.68 Å². The number of furan rings is 1. The van der Waals surface area contributed by atoms with Crippen molar-refractivity contribution in [1.29, 1.82) is 0 Å². The molecule has 0 unspecified atom stereocenters. The number of carboxylic acid groups (broad SMARTS) is 1. The van der Waals surface area contributed by atoms with Crippen molar-refractivity contribution in [3.63, 3.8) is 0 Å². The van der Waals surface area contributed by atoms with Crippen LogP contribution in [0.5, 0.6) is 0 Å². The van der Waals surface area contributed by atoms with Gasteiger partial charge in [-0.05, 0) is 12.1 Å². The van der Waals surface area contributed by atoms with E-state index in [1.165, 1.54) is 12.3 Å². The summed E-state index contributed by atoms with van der Waals surface area (Å²) in [7, 11) is 0. The summed E-state index contributed by atoms with van der Waals surface area (Å²) in [6.07, 6.45) is 3.13. The second-order valence-electron chi connectivity index (χ2n) is 2.93. The van der Waals surface area contributed by atoms with Crippen LogP contribution in [0, 0.1) is 0 Å². The summed E-state index contributed by atoms with van der Waals surface area (Å²) < 4.78 is 6.62. The standard InChI is InChI=1S/C9H7ClN2O3/c10-6-3-11-12(4-6)5-7-1-2-8(15-7)9(13)14/h1-4H,5H2,(H,13,14). The summed E-state index contributed by atoms with van der Waals surface area (Å²) in [5.41, 5.74) is 0. The highest BCUT2D eigenvalue weighted by Gasteiger charge is 2.09. The van der Waals surface area contributed by atoms with Crippen LogP contribution in [0.2, 0.25) is 5.02 Å². The van der Waals surface area contributed by atoms with Crippen LogP contribution in [0.4, 0.5) is 0 Å². The molecule has 2 rings (SSSR count). The molecule has 15 heavy (non-hydrogen) atoms. The summed E-state index contributed by atoms with van der Waals surface area (Å²) in [5, 5.41) is 13.1. The van der Waals surface area contributed by atoms with E-state index in [1.54, 1.807) is 16.9 Å². The molecule has 0 aliphatic heterocycles. The first-order chi connectivity index (χ1) is 7.15. The lowest BCUT2D eigenvalue weighted by Gasteiger charge is -1.96. The molecule has 1 N–H and O–H groups in total. The summed E-state index contributed by atoms with van der Waals surface area (Å²) in [4.78, 5) is 10.5. The zero-order valence-electron chi connectivity index (χ0n) is 7.55. The van der Waals surface area contributed by atoms with Gasteiger partial charge >= 0.3 is 5.97 Å². The molecule has 0 radical (unpaired) electrons. The van der Waals surface area contributed by atoms with Crippen molar-refractivity contribution in [2.45, 2.75) is 6.54 Å². The number of hydrogen-bond acceptors (Lipinski definition) is 3. The lowest BCUT2D eigenvalue weighted by molar-refractivity contribution is 0.0660. The molecule has 0 fully saturated rings. The van der Waals surface area contributed by atoms with E-state index in [0.29, 0.717) is 17.3 Å². The number of aromatic carboxylic acids is 1. The SMILES string of the molecule is O=C(O)c1ccc(Cn2cc(Cl)cn2)o1. The number of carboxylic acids is 1. The van der Waals surface area contributed by atoms with Gasteiger partial charge in [0.15, 0.2) is 0 Å². The third-order valence-electron chi connectivity index (χ3n) is 1.79. The van der Waals surface area contributed by atoms with Crippen LogP contribution in [0.1, 0.15) is 16.3 Å². The number of aromatic nitrogens is 2. The quantitative estimate of drug-likeness (QED) is 0.868. The summed E-state index contributed by atoms with van der Waals surface area (Å²) in [5.74, 6) is -0.643. The largest absolute Gasteiger partial charge is 0.475 e. The number of rotatable bonds is 3. The molecule has 2 aromatic rings. The average Bonchev–Trinajstić information content (AvgIpc) is 2.76. The fourth-order valence-electron chi connectivity index (χ4n) is 1.16. The minimum Gasteiger partial charge on any atom is -0.475 e. The van der Waals surface area contributed by atoms with Crippen LogP contribution >= 0.6 is 11.6 Å². The first-order valence-corrected chi connectivity index (χ1v) is 4.53. The molecule has 0 aromatic carbocycles. The molecule has 78 valence electrons. The Kier molecular flexibility index (Phi) is 2.47. The van der Waals surface area contributed by atoms with E-state index in [4.69, 9.17) is 21.1 Å². The molecule has 0 atom stereocenters. The van der Waals surface area contributed by atoms with E-state index >= 15 is 0 Å². The van der Waals surface area contributed by atoms with Crippen molar-refractivity contribution >= 4 is 17.6 Å². The van der Waals surface area contributed by atoms with Gasteiger partial charge in [0.2, 0.25) is 5.76 Å². The predicted octanol–water partition coefficient (Wildman–Crippen LogP) is 1.88. The predicted molar refractivity (Wildman–Crippen MR) is 52.0 cm³/mol. The fraction of sp³-hybridized carbons (Fsp3) is 0.111. The van der Waals surface area contributed by atoms with Crippen molar-refractivity contribution in [3.05, 3.63) is 41.1 Å². The highest BCUT2D eigenvalue weighted by molar-refractivity contribution is 6.30. The Morgan fingerprint density at radius 3 is 2.93 bits per heavy atom. The van der Waals surface area contributed by atoms with Crippen molar-refractivity contribution in [1.82, 2.24) is 9.78 Å². The van der Waals surface area contributed by atoms with Gasteiger partial charge in [-0.15, -0.1) is 0 Å². The Balaban J connectivity index is 2.14. The number of nitrogens with zero attached hydrogens (tertiary/aromatic N) is 2. The summed E-state index contributed by atoms with van der Waals surface area (Å²) in [6.45, 7) is 0.361. The van der Waals surface area contributed by atoms with Gasteiger partial charge in [-0.25, -0.2) is 4.79 Å². The van der Waals surface area contributed by atoms with Crippen LogP contribution in [-0.4, -0.2) is 20.9 Å². The lowest BCUT2D eigenvalue weighted by Crippen LogP contribution is -1.98. The normalized spacial score (nSPS) is 10.5. The Bertz CT molecular complexity index is 489. The number of hydrogen-bond donors (Lipinski definition) is 1. The van der Waals surface area contributed by atoms with Gasteiger partial charge in [0.1, 0.15) is 5.76 Å². The Morgan fingerprint density at radius 2 is 2.40 bits per heavy atom. The summed E-state index contributed by atoms with van der Waals surface area (Å²) in [6, 6.07) is 3.00. The topological polar surface area (TPSA) is 68.3 Å².